The molecule has 0 bridgehead atoms. The van der Waals surface area contributed by atoms with E-state index in [-0.39, 0.29) is 18.6 Å². The van der Waals surface area contributed by atoms with Crippen molar-refractivity contribution < 1.29 is 19.4 Å². The second kappa shape index (κ2) is 4.23. The van der Waals surface area contributed by atoms with Gasteiger partial charge in [0.05, 0.1) is 18.6 Å². The molecule has 2 atom stereocenters. The minimum atomic E-state index is -0.828. The Kier molecular flexibility index (Phi) is 3.25. The molecule has 5 nitrogen and oxygen atoms in total. The van der Waals surface area contributed by atoms with Crippen LogP contribution < -0.4 is 5.32 Å². The van der Waals surface area contributed by atoms with E-state index in [1.54, 1.807) is 0 Å². The maximum atomic E-state index is 10.5. The monoisotopic (exact) mass is 187 g/mol. The van der Waals surface area contributed by atoms with Gasteiger partial charge >= 0.3 is 5.97 Å². The molecule has 0 radical (unpaired) electrons. The van der Waals surface area contributed by atoms with E-state index in [0.29, 0.717) is 13.0 Å². The Balaban J connectivity index is 2.25. The summed E-state index contributed by atoms with van der Waals surface area (Å²) in [5.41, 5.74) is 0. The molecule has 0 aromatic carbocycles. The van der Waals surface area contributed by atoms with Gasteiger partial charge in [-0.15, -0.1) is 0 Å². The molecule has 1 amide bonds. The first-order valence-electron chi connectivity index (χ1n) is 4.18. The van der Waals surface area contributed by atoms with Gasteiger partial charge < -0.3 is 15.2 Å². The van der Waals surface area contributed by atoms with Gasteiger partial charge in [-0.2, -0.15) is 0 Å². The van der Waals surface area contributed by atoms with Gasteiger partial charge in [-0.05, 0) is 6.42 Å². The SMILES string of the molecule is CC(=O)NC[C@@H]1C[C@H](C(=O)O)CO1. The van der Waals surface area contributed by atoms with Crippen molar-refractivity contribution in [2.24, 2.45) is 5.92 Å². The molecule has 2 N–H and O–H groups in total. The van der Waals surface area contributed by atoms with Crippen LogP contribution in [0.2, 0.25) is 0 Å². The lowest BCUT2D eigenvalue weighted by Gasteiger charge is -2.08. The van der Waals surface area contributed by atoms with E-state index in [9.17, 15) is 9.59 Å². The van der Waals surface area contributed by atoms with Crippen LogP contribution in [0.5, 0.6) is 0 Å². The molecular formula is C8H13NO4. The molecule has 0 spiro atoms. The van der Waals surface area contributed by atoms with E-state index in [1.165, 1.54) is 6.92 Å². The van der Waals surface area contributed by atoms with Crippen LogP contribution >= 0.6 is 0 Å². The first-order valence-corrected chi connectivity index (χ1v) is 4.18. The fraction of sp³-hybridized carbons (Fsp3) is 0.750. The topological polar surface area (TPSA) is 75.6 Å². The summed E-state index contributed by atoms with van der Waals surface area (Å²) in [6, 6.07) is 0. The van der Waals surface area contributed by atoms with Crippen molar-refractivity contribution in [3.8, 4) is 0 Å². The van der Waals surface area contributed by atoms with E-state index >= 15 is 0 Å². The maximum Gasteiger partial charge on any atom is 0.308 e. The average molecular weight is 187 g/mol. The van der Waals surface area contributed by atoms with Crippen molar-refractivity contribution in [3.63, 3.8) is 0 Å². The Morgan fingerprint density at radius 3 is 2.77 bits per heavy atom. The summed E-state index contributed by atoms with van der Waals surface area (Å²) in [7, 11) is 0. The number of hydrogen-bond donors (Lipinski definition) is 2. The van der Waals surface area contributed by atoms with Crippen LogP contribution in [0.1, 0.15) is 13.3 Å². The van der Waals surface area contributed by atoms with Gasteiger partial charge in [-0.1, -0.05) is 0 Å². The third kappa shape index (κ3) is 3.02. The predicted molar refractivity (Wildman–Crippen MR) is 44.2 cm³/mol. The molecule has 1 fully saturated rings. The zero-order valence-electron chi connectivity index (χ0n) is 7.45. The molecule has 1 rings (SSSR count). The lowest BCUT2D eigenvalue weighted by Crippen LogP contribution is -2.30. The van der Waals surface area contributed by atoms with Crippen molar-refractivity contribution in [1.82, 2.24) is 5.32 Å². The number of hydrogen-bond acceptors (Lipinski definition) is 3. The summed E-state index contributed by atoms with van der Waals surface area (Å²) in [6.45, 7) is 2.07. The van der Waals surface area contributed by atoms with Crippen molar-refractivity contribution in [2.45, 2.75) is 19.4 Å². The standard InChI is InChI=1S/C8H13NO4/c1-5(10)9-3-7-2-6(4-13-7)8(11)12/h6-7H,2-4H2,1H3,(H,9,10)(H,11,12)/t6-,7-/m0/s1. The molecule has 74 valence electrons. The Morgan fingerprint density at radius 2 is 2.31 bits per heavy atom. The van der Waals surface area contributed by atoms with Crippen molar-refractivity contribution >= 4 is 11.9 Å². The summed E-state index contributed by atoms with van der Waals surface area (Å²) < 4.78 is 5.18. The normalized spacial score (nSPS) is 27.2. The fourth-order valence-electron chi connectivity index (χ4n) is 1.28. The molecule has 1 saturated heterocycles. The highest BCUT2D eigenvalue weighted by Gasteiger charge is 2.30. The third-order valence-electron chi connectivity index (χ3n) is 2.01. The summed E-state index contributed by atoms with van der Waals surface area (Å²) in [6.07, 6.45) is 0.334. The molecule has 0 aliphatic carbocycles. The molecule has 0 aromatic rings. The second-order valence-corrected chi connectivity index (χ2v) is 3.16. The molecular weight excluding hydrogens is 174 g/mol. The number of aliphatic carboxylic acids is 1. The molecule has 5 heteroatoms. The molecule has 1 heterocycles. The van der Waals surface area contributed by atoms with Crippen LogP contribution in [0.25, 0.3) is 0 Å². The van der Waals surface area contributed by atoms with Crippen LogP contribution in [0.15, 0.2) is 0 Å². The van der Waals surface area contributed by atoms with Crippen LogP contribution in [-0.4, -0.2) is 36.2 Å². The highest BCUT2D eigenvalue weighted by molar-refractivity contribution is 5.73. The van der Waals surface area contributed by atoms with Gasteiger partial charge in [0.25, 0.3) is 0 Å². The van der Waals surface area contributed by atoms with Crippen molar-refractivity contribution in [3.05, 3.63) is 0 Å². The number of rotatable bonds is 3. The highest BCUT2D eigenvalue weighted by Crippen LogP contribution is 2.18. The summed E-state index contributed by atoms with van der Waals surface area (Å²) in [5, 5.41) is 11.2. The fourth-order valence-corrected chi connectivity index (χ4v) is 1.28. The number of carboxylic acids is 1. The number of ether oxygens (including phenoxy) is 1. The van der Waals surface area contributed by atoms with E-state index in [0.717, 1.165) is 0 Å². The average Bonchev–Trinajstić information content (AvgIpc) is 2.48. The molecule has 0 saturated carbocycles. The van der Waals surface area contributed by atoms with E-state index in [2.05, 4.69) is 5.32 Å². The summed E-state index contributed by atoms with van der Waals surface area (Å²) in [5.74, 6) is -1.37. The summed E-state index contributed by atoms with van der Waals surface area (Å²) >= 11 is 0. The van der Waals surface area contributed by atoms with E-state index in [4.69, 9.17) is 9.84 Å². The Bertz CT molecular complexity index is 216. The second-order valence-electron chi connectivity index (χ2n) is 3.16. The third-order valence-corrected chi connectivity index (χ3v) is 2.01. The maximum absolute atomic E-state index is 10.5. The van der Waals surface area contributed by atoms with Gasteiger partial charge in [0.1, 0.15) is 0 Å². The summed E-state index contributed by atoms with van der Waals surface area (Å²) in [4.78, 5) is 21.1. The number of nitrogens with one attached hydrogen (secondary N) is 1. The first-order chi connectivity index (χ1) is 6.09. The largest absolute Gasteiger partial charge is 0.481 e. The van der Waals surface area contributed by atoms with Gasteiger partial charge in [0.15, 0.2) is 0 Å². The Hall–Kier alpha value is -1.10. The van der Waals surface area contributed by atoms with Gasteiger partial charge in [-0.3, -0.25) is 9.59 Å². The Labute approximate surface area is 76.1 Å². The molecule has 1 aliphatic rings. The lowest BCUT2D eigenvalue weighted by molar-refractivity contribution is -0.141. The zero-order chi connectivity index (χ0) is 9.84. The first kappa shape index (κ1) is 9.98. The number of carbonyl (C=O) groups is 2. The van der Waals surface area contributed by atoms with Crippen LogP contribution in [0.4, 0.5) is 0 Å². The minimum absolute atomic E-state index is 0.123. The van der Waals surface area contributed by atoms with E-state index < -0.39 is 11.9 Å². The zero-order valence-corrected chi connectivity index (χ0v) is 7.45. The minimum Gasteiger partial charge on any atom is -0.481 e. The van der Waals surface area contributed by atoms with Crippen molar-refractivity contribution in [2.75, 3.05) is 13.2 Å². The molecule has 1 aliphatic heterocycles. The molecule has 13 heavy (non-hydrogen) atoms. The smallest absolute Gasteiger partial charge is 0.308 e. The van der Waals surface area contributed by atoms with Gasteiger partial charge in [0.2, 0.25) is 5.91 Å². The lowest BCUT2D eigenvalue weighted by atomic mass is 10.1. The quantitative estimate of drug-likeness (QED) is 0.631. The van der Waals surface area contributed by atoms with Crippen LogP contribution in [-0.2, 0) is 14.3 Å². The molecule has 0 unspecified atom stereocenters. The Morgan fingerprint density at radius 1 is 1.62 bits per heavy atom. The number of amides is 1. The number of carboxylic acid groups (broad SMARTS) is 1. The molecule has 0 aromatic heterocycles. The highest BCUT2D eigenvalue weighted by atomic mass is 16.5. The van der Waals surface area contributed by atoms with Gasteiger partial charge in [-0.25, -0.2) is 0 Å². The van der Waals surface area contributed by atoms with Crippen molar-refractivity contribution in [1.29, 1.82) is 0 Å². The van der Waals surface area contributed by atoms with Gasteiger partial charge in [0, 0.05) is 13.5 Å². The van der Waals surface area contributed by atoms with E-state index in [1.807, 2.05) is 0 Å². The van der Waals surface area contributed by atoms with Crippen LogP contribution in [0, 0.1) is 5.92 Å². The van der Waals surface area contributed by atoms with Crippen LogP contribution in [0.3, 0.4) is 0 Å². The predicted octanol–water partition coefficient (Wildman–Crippen LogP) is -0.388. The number of carbonyl (C=O) groups excluding carboxylic acids is 1.